The molecule has 3 aliphatic rings. The number of halogens is 3. The van der Waals surface area contributed by atoms with Gasteiger partial charge in [0.1, 0.15) is 0 Å². The molecule has 14 heteroatoms. The Bertz CT molecular complexity index is 1270. The molecule has 0 amide bonds. The highest BCUT2D eigenvalue weighted by Crippen LogP contribution is 2.44. The number of nitrogens with one attached hydrogen (secondary N) is 5. The van der Waals surface area contributed by atoms with Crippen LogP contribution in [-0.4, -0.2) is 80.9 Å². The number of rotatable bonds is 4. The Morgan fingerprint density at radius 3 is 2.43 bits per heavy atom. The topological polar surface area (TPSA) is 174 Å². The number of alkyl halides is 3. The van der Waals surface area contributed by atoms with Crippen molar-refractivity contribution in [2.24, 2.45) is 0 Å². The Kier molecular flexibility index (Phi) is 5.58. The fraction of sp³-hybridized carbons (Fsp3) is 0.348. The third kappa shape index (κ3) is 3.67. The first-order chi connectivity index (χ1) is 17.4. The van der Waals surface area contributed by atoms with Crippen molar-refractivity contribution in [2.75, 3.05) is 13.2 Å². The van der Waals surface area contributed by atoms with Gasteiger partial charge in [0, 0.05) is 0 Å². The Balaban J connectivity index is 1.40. The first-order valence-electron chi connectivity index (χ1n) is 11.2. The molecule has 4 atom stereocenters. The van der Waals surface area contributed by atoms with Crippen molar-refractivity contribution >= 4 is 17.9 Å². The van der Waals surface area contributed by atoms with E-state index >= 15 is 0 Å². The zero-order chi connectivity index (χ0) is 26.8. The van der Waals surface area contributed by atoms with Crippen molar-refractivity contribution in [1.29, 1.82) is 10.8 Å². The monoisotopic (exact) mass is 520 g/mol. The SMILES string of the molecule is N=C1N[C@H]2[C@H](CO)NC(=N)N3C[C@H](OC(=O)c4ccc(-c5ccccc5C(F)(F)F)cc4)C(O)(O)[C@]23N1. The number of hydrogen-bond acceptors (Lipinski definition) is 7. The highest BCUT2D eigenvalue weighted by atomic mass is 19.4. The minimum Gasteiger partial charge on any atom is -0.451 e. The van der Waals surface area contributed by atoms with Crippen LogP contribution < -0.4 is 16.0 Å². The van der Waals surface area contributed by atoms with Crippen LogP contribution in [0.4, 0.5) is 13.2 Å². The van der Waals surface area contributed by atoms with Crippen LogP contribution in [0, 0.1) is 10.8 Å². The third-order valence-electron chi connectivity index (χ3n) is 6.95. The molecular weight excluding hydrogens is 497 g/mol. The molecule has 0 saturated carbocycles. The Morgan fingerprint density at radius 2 is 1.78 bits per heavy atom. The number of guanidine groups is 2. The molecule has 2 aromatic carbocycles. The molecular formula is C23H23F3N6O5. The number of esters is 1. The summed E-state index contributed by atoms with van der Waals surface area (Å²) in [6.45, 7) is -0.826. The van der Waals surface area contributed by atoms with Gasteiger partial charge in [-0.1, -0.05) is 30.3 Å². The van der Waals surface area contributed by atoms with Crippen molar-refractivity contribution in [3.63, 3.8) is 0 Å². The van der Waals surface area contributed by atoms with Crippen LogP contribution in [-0.2, 0) is 10.9 Å². The lowest BCUT2D eigenvalue weighted by Crippen LogP contribution is -2.80. The number of benzene rings is 2. The summed E-state index contributed by atoms with van der Waals surface area (Å²) in [5.41, 5.74) is -2.61. The molecule has 11 nitrogen and oxygen atoms in total. The molecule has 0 radical (unpaired) electrons. The van der Waals surface area contributed by atoms with Crippen LogP contribution >= 0.6 is 0 Å². The molecule has 0 bridgehead atoms. The van der Waals surface area contributed by atoms with E-state index in [4.69, 9.17) is 15.6 Å². The average molecular weight is 520 g/mol. The highest BCUT2D eigenvalue weighted by molar-refractivity contribution is 5.91. The molecule has 3 fully saturated rings. The van der Waals surface area contributed by atoms with E-state index in [-0.39, 0.29) is 35.2 Å². The summed E-state index contributed by atoms with van der Waals surface area (Å²) in [4.78, 5) is 14.1. The maximum Gasteiger partial charge on any atom is 0.417 e. The zero-order valence-corrected chi connectivity index (χ0v) is 19.0. The molecule has 2 aromatic rings. The molecule has 1 spiro atoms. The van der Waals surface area contributed by atoms with E-state index in [2.05, 4.69) is 16.0 Å². The van der Waals surface area contributed by atoms with Gasteiger partial charge < -0.3 is 40.9 Å². The van der Waals surface area contributed by atoms with E-state index in [1.807, 2.05) is 0 Å². The van der Waals surface area contributed by atoms with Gasteiger partial charge in [0.15, 0.2) is 23.7 Å². The van der Waals surface area contributed by atoms with Crippen LogP contribution in [0.15, 0.2) is 48.5 Å². The summed E-state index contributed by atoms with van der Waals surface area (Å²) >= 11 is 0. The second kappa shape index (κ2) is 8.33. The quantitative estimate of drug-likeness (QED) is 0.204. The first-order valence-corrected chi connectivity index (χ1v) is 11.2. The molecule has 0 aliphatic carbocycles. The zero-order valence-electron chi connectivity index (χ0n) is 19.0. The van der Waals surface area contributed by atoms with Gasteiger partial charge in [-0.15, -0.1) is 0 Å². The van der Waals surface area contributed by atoms with Gasteiger partial charge in [0.05, 0.1) is 36.4 Å². The summed E-state index contributed by atoms with van der Waals surface area (Å²) in [5.74, 6) is -4.34. The number of aliphatic hydroxyl groups excluding tert-OH is 1. The number of carbonyl (C=O) groups excluding carboxylic acids is 1. The maximum absolute atomic E-state index is 13.4. The minimum absolute atomic E-state index is 0.0466. The maximum atomic E-state index is 13.4. The molecule has 0 aromatic heterocycles. The number of carbonyl (C=O) groups is 1. The van der Waals surface area contributed by atoms with Crippen molar-refractivity contribution < 1.29 is 38.0 Å². The van der Waals surface area contributed by atoms with Crippen molar-refractivity contribution in [1.82, 2.24) is 20.9 Å². The molecule has 196 valence electrons. The molecule has 3 heterocycles. The number of hydrogen-bond donors (Lipinski definition) is 8. The third-order valence-corrected chi connectivity index (χ3v) is 6.95. The summed E-state index contributed by atoms with van der Waals surface area (Å²) in [6, 6.07) is 8.36. The average Bonchev–Trinajstić information content (AvgIpc) is 3.32. The Hall–Kier alpha value is -3.88. The fourth-order valence-electron chi connectivity index (χ4n) is 5.23. The van der Waals surface area contributed by atoms with Crippen LogP contribution in [0.25, 0.3) is 11.1 Å². The predicted octanol–water partition coefficient (Wildman–Crippen LogP) is -0.0144. The molecule has 5 rings (SSSR count). The van der Waals surface area contributed by atoms with Crippen LogP contribution in [0.2, 0.25) is 0 Å². The smallest absolute Gasteiger partial charge is 0.417 e. The summed E-state index contributed by atoms with van der Waals surface area (Å²) in [5, 5.41) is 56.4. The lowest BCUT2D eigenvalue weighted by Gasteiger charge is -2.50. The largest absolute Gasteiger partial charge is 0.451 e. The number of aliphatic hydroxyl groups is 3. The van der Waals surface area contributed by atoms with Gasteiger partial charge >= 0.3 is 12.1 Å². The Morgan fingerprint density at radius 1 is 1.11 bits per heavy atom. The lowest BCUT2D eigenvalue weighted by atomic mass is 9.85. The van der Waals surface area contributed by atoms with E-state index in [1.165, 1.54) is 47.4 Å². The van der Waals surface area contributed by atoms with Gasteiger partial charge in [-0.05, 0) is 29.3 Å². The Labute approximate surface area is 207 Å². The minimum atomic E-state index is -4.57. The van der Waals surface area contributed by atoms with E-state index in [0.29, 0.717) is 0 Å². The summed E-state index contributed by atoms with van der Waals surface area (Å²) in [6.07, 6.45) is -6.16. The molecule has 37 heavy (non-hydrogen) atoms. The van der Waals surface area contributed by atoms with Gasteiger partial charge in [0.2, 0.25) is 5.79 Å². The highest BCUT2D eigenvalue weighted by Gasteiger charge is 2.75. The van der Waals surface area contributed by atoms with Gasteiger partial charge in [-0.2, -0.15) is 13.2 Å². The molecule has 3 aliphatic heterocycles. The van der Waals surface area contributed by atoms with Crippen LogP contribution in [0.3, 0.4) is 0 Å². The van der Waals surface area contributed by atoms with E-state index in [0.717, 1.165) is 6.07 Å². The molecule has 3 saturated heterocycles. The van der Waals surface area contributed by atoms with E-state index < -0.39 is 54.0 Å². The van der Waals surface area contributed by atoms with E-state index in [1.54, 1.807) is 0 Å². The fourth-order valence-corrected chi connectivity index (χ4v) is 5.23. The van der Waals surface area contributed by atoms with Crippen molar-refractivity contribution in [3.05, 3.63) is 59.7 Å². The van der Waals surface area contributed by atoms with Gasteiger partial charge in [-0.25, -0.2) is 4.79 Å². The van der Waals surface area contributed by atoms with Crippen LogP contribution in [0.5, 0.6) is 0 Å². The van der Waals surface area contributed by atoms with Crippen molar-refractivity contribution in [3.8, 4) is 11.1 Å². The van der Waals surface area contributed by atoms with Crippen molar-refractivity contribution in [2.45, 2.75) is 35.8 Å². The number of nitrogens with zero attached hydrogens (tertiary/aromatic N) is 1. The van der Waals surface area contributed by atoms with E-state index in [9.17, 15) is 33.3 Å². The van der Waals surface area contributed by atoms with Gasteiger partial charge in [-0.3, -0.25) is 10.8 Å². The van der Waals surface area contributed by atoms with Gasteiger partial charge in [0.25, 0.3) is 0 Å². The lowest BCUT2D eigenvalue weighted by molar-refractivity contribution is -0.258. The standard InChI is InChI=1S/C23H23F3N6O5/c24-23(25,26)14-4-2-1-3-13(14)11-5-7-12(8-6-11)18(34)37-16-9-32-20(28)29-15(10-33)17-21(32,22(16,35)36)31-19(27)30-17/h1-8,15-17,33,35-36H,9-10H2,(H2,28,29)(H3,27,30,31)/t15-,16-,17-,21-/m0/s1. The molecule has 8 N–H and O–H groups in total. The number of ether oxygens (including phenoxy) is 1. The first kappa shape index (κ1) is 24.8. The second-order valence-corrected chi connectivity index (χ2v) is 9.02. The second-order valence-electron chi connectivity index (χ2n) is 9.02. The summed E-state index contributed by atoms with van der Waals surface area (Å²) in [7, 11) is 0. The van der Waals surface area contributed by atoms with Crippen LogP contribution in [0.1, 0.15) is 15.9 Å². The predicted molar refractivity (Wildman–Crippen MR) is 122 cm³/mol. The normalized spacial score (nSPS) is 28.1. The molecule has 0 unspecified atom stereocenters. The summed E-state index contributed by atoms with van der Waals surface area (Å²) < 4.78 is 45.5.